The zero-order valence-electron chi connectivity index (χ0n) is 7.17. The summed E-state index contributed by atoms with van der Waals surface area (Å²) in [5.74, 6) is 6.21. The Hall–Kier alpha value is -1.40. The lowest BCUT2D eigenvalue weighted by Gasteiger charge is -2.18. The Kier molecular flexibility index (Phi) is 1.99. The van der Waals surface area contributed by atoms with Gasteiger partial charge in [-0.05, 0) is 0 Å². The maximum absolute atomic E-state index is 5.52. The minimum absolute atomic E-state index is 0.272. The fraction of sp³-hybridized carbons (Fsp3) is 0.429. The molecule has 6 N–H and O–H groups in total. The fourth-order valence-corrected chi connectivity index (χ4v) is 1.48. The Morgan fingerprint density at radius 2 is 2.23 bits per heavy atom. The van der Waals surface area contributed by atoms with Crippen molar-refractivity contribution in [3.05, 3.63) is 11.3 Å². The number of fused-ring (bicyclic) bond motifs is 1. The third-order valence-corrected chi connectivity index (χ3v) is 2.09. The van der Waals surface area contributed by atoms with Crippen molar-refractivity contribution in [3.63, 3.8) is 0 Å². The number of nitrogens with one attached hydrogen (secondary N) is 2. The Morgan fingerprint density at radius 1 is 1.38 bits per heavy atom. The summed E-state index contributed by atoms with van der Waals surface area (Å²) in [5.41, 5.74) is 10.0. The van der Waals surface area contributed by atoms with Gasteiger partial charge in [0.2, 0.25) is 5.95 Å². The van der Waals surface area contributed by atoms with Gasteiger partial charge in [0.1, 0.15) is 5.82 Å². The molecule has 0 atom stereocenters. The van der Waals surface area contributed by atoms with Gasteiger partial charge in [-0.2, -0.15) is 4.98 Å². The van der Waals surface area contributed by atoms with E-state index in [2.05, 4.69) is 20.7 Å². The van der Waals surface area contributed by atoms with Gasteiger partial charge >= 0.3 is 0 Å². The van der Waals surface area contributed by atoms with E-state index in [0.717, 1.165) is 30.8 Å². The highest BCUT2D eigenvalue weighted by Crippen LogP contribution is 2.19. The molecule has 1 aromatic rings. The van der Waals surface area contributed by atoms with Crippen molar-refractivity contribution < 1.29 is 0 Å². The predicted molar refractivity (Wildman–Crippen MR) is 49.7 cm³/mol. The molecular formula is C7H12N6. The van der Waals surface area contributed by atoms with E-state index in [1.165, 1.54) is 0 Å². The van der Waals surface area contributed by atoms with Crippen LogP contribution in [0.25, 0.3) is 0 Å². The first-order valence-corrected chi connectivity index (χ1v) is 4.14. The molecule has 70 valence electrons. The molecule has 2 heterocycles. The minimum atomic E-state index is 0.272. The van der Waals surface area contributed by atoms with Crippen LogP contribution in [0.4, 0.5) is 11.8 Å². The van der Waals surface area contributed by atoms with Crippen LogP contribution in [0.15, 0.2) is 0 Å². The Balaban J connectivity index is 2.50. The molecule has 1 aliphatic rings. The Labute approximate surface area is 75.7 Å². The molecule has 0 amide bonds. The quantitative estimate of drug-likeness (QED) is 0.326. The van der Waals surface area contributed by atoms with E-state index >= 15 is 0 Å². The van der Waals surface area contributed by atoms with Gasteiger partial charge in [0.05, 0.1) is 5.69 Å². The lowest BCUT2D eigenvalue weighted by Crippen LogP contribution is -2.27. The van der Waals surface area contributed by atoms with E-state index in [0.29, 0.717) is 5.82 Å². The maximum Gasteiger partial charge on any atom is 0.222 e. The van der Waals surface area contributed by atoms with Gasteiger partial charge in [-0.1, -0.05) is 0 Å². The Morgan fingerprint density at radius 3 is 3.00 bits per heavy atom. The number of hydrogen-bond donors (Lipinski definition) is 4. The zero-order valence-corrected chi connectivity index (χ0v) is 7.17. The number of hydrazine groups is 1. The maximum atomic E-state index is 5.52. The smallest absolute Gasteiger partial charge is 0.222 e. The molecule has 0 radical (unpaired) electrons. The number of nitrogens with zero attached hydrogens (tertiary/aromatic N) is 2. The van der Waals surface area contributed by atoms with Gasteiger partial charge in [-0.3, -0.25) is 0 Å². The number of hydrogen-bond acceptors (Lipinski definition) is 6. The lowest BCUT2D eigenvalue weighted by atomic mass is 10.1. The molecule has 6 heteroatoms. The van der Waals surface area contributed by atoms with Crippen molar-refractivity contribution in [1.82, 2.24) is 15.3 Å². The van der Waals surface area contributed by atoms with Crippen molar-refractivity contribution in [1.29, 1.82) is 0 Å². The van der Waals surface area contributed by atoms with Gasteiger partial charge in [0, 0.05) is 25.1 Å². The molecule has 0 fully saturated rings. The van der Waals surface area contributed by atoms with Crippen molar-refractivity contribution in [3.8, 4) is 0 Å². The fourth-order valence-electron chi connectivity index (χ4n) is 1.48. The molecule has 0 bridgehead atoms. The second-order valence-corrected chi connectivity index (χ2v) is 2.93. The van der Waals surface area contributed by atoms with Crippen LogP contribution in [0, 0.1) is 0 Å². The van der Waals surface area contributed by atoms with Crippen molar-refractivity contribution in [2.45, 2.75) is 13.0 Å². The summed E-state index contributed by atoms with van der Waals surface area (Å²) in [6, 6.07) is 0. The predicted octanol–water partition coefficient (Wildman–Crippen LogP) is -1.01. The molecule has 0 aromatic carbocycles. The van der Waals surface area contributed by atoms with Crippen LogP contribution in [0.5, 0.6) is 0 Å². The minimum Gasteiger partial charge on any atom is -0.368 e. The lowest BCUT2D eigenvalue weighted by molar-refractivity contribution is 0.628. The van der Waals surface area contributed by atoms with Crippen LogP contribution in [-0.4, -0.2) is 16.5 Å². The average molecular weight is 180 g/mol. The van der Waals surface area contributed by atoms with Crippen LogP contribution >= 0.6 is 0 Å². The molecule has 0 spiro atoms. The van der Waals surface area contributed by atoms with E-state index < -0.39 is 0 Å². The largest absolute Gasteiger partial charge is 0.368 e. The molecule has 1 aliphatic heterocycles. The molecule has 13 heavy (non-hydrogen) atoms. The van der Waals surface area contributed by atoms with E-state index in [1.54, 1.807) is 0 Å². The van der Waals surface area contributed by atoms with Crippen LogP contribution < -0.4 is 22.3 Å². The van der Waals surface area contributed by atoms with Gasteiger partial charge < -0.3 is 16.5 Å². The standard InChI is InChI=1S/C7H12N6/c8-7-11-5-1-2-10-3-4(5)6(12-7)13-9/h10H,1-3,9H2,(H3,8,11,12,13). The summed E-state index contributed by atoms with van der Waals surface area (Å²) in [5, 5.41) is 3.22. The molecule has 0 saturated heterocycles. The van der Waals surface area contributed by atoms with Crippen molar-refractivity contribution >= 4 is 11.8 Å². The highest BCUT2D eigenvalue weighted by molar-refractivity contribution is 5.49. The first-order valence-electron chi connectivity index (χ1n) is 4.14. The Bertz CT molecular complexity index is 306. The molecule has 0 aliphatic carbocycles. The van der Waals surface area contributed by atoms with Gasteiger partial charge in [0.15, 0.2) is 0 Å². The van der Waals surface area contributed by atoms with E-state index in [1.807, 2.05) is 0 Å². The number of rotatable bonds is 1. The summed E-state index contributed by atoms with van der Waals surface area (Å²) in [6.07, 6.45) is 0.872. The topological polar surface area (TPSA) is 102 Å². The second kappa shape index (κ2) is 3.15. The molecular weight excluding hydrogens is 168 g/mol. The summed E-state index contributed by atoms with van der Waals surface area (Å²) >= 11 is 0. The highest BCUT2D eigenvalue weighted by atomic mass is 15.3. The number of nitrogens with two attached hydrogens (primary N) is 2. The molecule has 2 rings (SSSR count). The average Bonchev–Trinajstić information content (AvgIpc) is 2.16. The monoisotopic (exact) mass is 180 g/mol. The number of aromatic nitrogens is 2. The van der Waals surface area contributed by atoms with Crippen LogP contribution in [0.2, 0.25) is 0 Å². The SMILES string of the molecule is NNc1nc(N)nc2c1CNCC2. The van der Waals surface area contributed by atoms with Crippen LogP contribution in [-0.2, 0) is 13.0 Å². The second-order valence-electron chi connectivity index (χ2n) is 2.93. The molecule has 0 saturated carbocycles. The molecule has 6 nitrogen and oxygen atoms in total. The zero-order chi connectivity index (χ0) is 9.26. The highest BCUT2D eigenvalue weighted by Gasteiger charge is 2.15. The van der Waals surface area contributed by atoms with Crippen molar-refractivity contribution in [2.24, 2.45) is 5.84 Å². The van der Waals surface area contributed by atoms with Crippen LogP contribution in [0.1, 0.15) is 11.3 Å². The van der Waals surface area contributed by atoms with Gasteiger partial charge in [-0.25, -0.2) is 10.8 Å². The third kappa shape index (κ3) is 1.41. The third-order valence-electron chi connectivity index (χ3n) is 2.09. The molecule has 1 aromatic heterocycles. The summed E-state index contributed by atoms with van der Waals surface area (Å²) < 4.78 is 0. The first kappa shape index (κ1) is 8.21. The van der Waals surface area contributed by atoms with Gasteiger partial charge in [-0.15, -0.1) is 0 Å². The number of anilines is 2. The normalized spacial score (nSPS) is 15.2. The van der Waals surface area contributed by atoms with E-state index in [4.69, 9.17) is 11.6 Å². The number of nitrogen functional groups attached to an aromatic ring is 2. The first-order chi connectivity index (χ1) is 6.31. The summed E-state index contributed by atoms with van der Waals surface area (Å²) in [6.45, 7) is 1.67. The van der Waals surface area contributed by atoms with Crippen LogP contribution in [0.3, 0.4) is 0 Å². The van der Waals surface area contributed by atoms with E-state index in [9.17, 15) is 0 Å². The van der Waals surface area contributed by atoms with E-state index in [-0.39, 0.29) is 5.95 Å². The summed E-state index contributed by atoms with van der Waals surface area (Å²) in [7, 11) is 0. The van der Waals surface area contributed by atoms with Gasteiger partial charge in [0.25, 0.3) is 0 Å². The van der Waals surface area contributed by atoms with Crippen molar-refractivity contribution in [2.75, 3.05) is 17.7 Å². The molecule has 0 unspecified atom stereocenters. The summed E-state index contributed by atoms with van der Waals surface area (Å²) in [4.78, 5) is 8.15.